The molecular weight excluding hydrogens is 290 g/mol. The van der Waals surface area contributed by atoms with E-state index in [1.54, 1.807) is 11.8 Å². The number of benzene rings is 2. The molecule has 0 radical (unpaired) electrons. The smallest absolute Gasteiger partial charge is 0.196 e. The Morgan fingerprint density at radius 1 is 0.955 bits per heavy atom. The van der Waals surface area contributed by atoms with Crippen molar-refractivity contribution in [1.82, 2.24) is 14.8 Å². The van der Waals surface area contributed by atoms with E-state index in [9.17, 15) is 0 Å². The molecule has 0 saturated carbocycles. The van der Waals surface area contributed by atoms with Gasteiger partial charge in [0, 0.05) is 5.75 Å². The van der Waals surface area contributed by atoms with Crippen molar-refractivity contribution < 1.29 is 0 Å². The Kier molecular flexibility index (Phi) is 4.29. The van der Waals surface area contributed by atoms with Crippen molar-refractivity contribution in [3.8, 4) is 5.69 Å². The molecule has 0 bridgehead atoms. The summed E-state index contributed by atoms with van der Waals surface area (Å²) in [5.41, 5.74) is 4.97. The molecule has 0 aliphatic carbocycles. The number of hydrogen-bond acceptors (Lipinski definition) is 3. The Balaban J connectivity index is 1.88. The topological polar surface area (TPSA) is 30.7 Å². The first-order chi connectivity index (χ1) is 10.6. The predicted molar refractivity (Wildman–Crippen MR) is 91.6 cm³/mol. The van der Waals surface area contributed by atoms with Crippen molar-refractivity contribution in [2.75, 3.05) is 0 Å². The number of nitrogens with zero attached hydrogens (tertiary/aromatic N) is 3. The van der Waals surface area contributed by atoms with Gasteiger partial charge in [0.15, 0.2) is 5.16 Å². The lowest BCUT2D eigenvalue weighted by molar-refractivity contribution is 0.861. The minimum Gasteiger partial charge on any atom is -0.274 e. The van der Waals surface area contributed by atoms with Gasteiger partial charge in [-0.2, -0.15) is 0 Å². The molecule has 0 fully saturated rings. The molecule has 112 valence electrons. The molecule has 3 nitrogen and oxygen atoms in total. The van der Waals surface area contributed by atoms with Crippen LogP contribution in [-0.4, -0.2) is 14.8 Å². The second-order valence-electron chi connectivity index (χ2n) is 5.43. The van der Waals surface area contributed by atoms with Crippen molar-refractivity contribution in [3.05, 3.63) is 71.0 Å². The molecule has 1 heterocycles. The first-order valence-corrected chi connectivity index (χ1v) is 8.30. The van der Waals surface area contributed by atoms with Crippen LogP contribution in [0.2, 0.25) is 0 Å². The molecule has 3 rings (SSSR count). The average molecular weight is 309 g/mol. The van der Waals surface area contributed by atoms with E-state index in [2.05, 4.69) is 77.1 Å². The van der Waals surface area contributed by atoms with Gasteiger partial charge < -0.3 is 0 Å². The van der Waals surface area contributed by atoms with Crippen LogP contribution in [0.1, 0.15) is 22.5 Å². The monoisotopic (exact) mass is 309 g/mol. The van der Waals surface area contributed by atoms with E-state index in [0.717, 1.165) is 22.4 Å². The highest BCUT2D eigenvalue weighted by Gasteiger charge is 2.13. The summed E-state index contributed by atoms with van der Waals surface area (Å²) in [7, 11) is 0. The van der Waals surface area contributed by atoms with Crippen LogP contribution in [0.3, 0.4) is 0 Å². The quantitative estimate of drug-likeness (QED) is 0.666. The molecule has 2 aromatic carbocycles. The molecule has 0 amide bonds. The summed E-state index contributed by atoms with van der Waals surface area (Å²) < 4.78 is 2.13. The van der Waals surface area contributed by atoms with Gasteiger partial charge in [-0.05, 0) is 38.0 Å². The second kappa shape index (κ2) is 6.36. The standard InChI is InChI=1S/C18H19N3S/c1-13-7-6-9-16(11-13)12-22-18-20-19-15(3)21(18)17-10-5-4-8-14(17)2/h4-11H,12H2,1-3H3. The van der Waals surface area contributed by atoms with Gasteiger partial charge in [-0.15, -0.1) is 10.2 Å². The Morgan fingerprint density at radius 2 is 1.77 bits per heavy atom. The fourth-order valence-electron chi connectivity index (χ4n) is 2.48. The van der Waals surface area contributed by atoms with Crippen LogP contribution in [0, 0.1) is 20.8 Å². The fraction of sp³-hybridized carbons (Fsp3) is 0.222. The molecular formula is C18H19N3S. The van der Waals surface area contributed by atoms with Crippen LogP contribution in [-0.2, 0) is 5.75 Å². The number of thioether (sulfide) groups is 1. The van der Waals surface area contributed by atoms with E-state index in [1.165, 1.54) is 16.7 Å². The van der Waals surface area contributed by atoms with E-state index in [1.807, 2.05) is 6.92 Å². The third-order valence-electron chi connectivity index (χ3n) is 3.60. The highest BCUT2D eigenvalue weighted by molar-refractivity contribution is 7.98. The number of aromatic nitrogens is 3. The summed E-state index contributed by atoms with van der Waals surface area (Å²) in [6, 6.07) is 16.9. The minimum absolute atomic E-state index is 0.895. The molecule has 0 aliphatic rings. The lowest BCUT2D eigenvalue weighted by Gasteiger charge is -2.11. The molecule has 0 atom stereocenters. The number of aryl methyl sites for hydroxylation is 3. The van der Waals surface area contributed by atoms with Gasteiger partial charge in [-0.1, -0.05) is 59.8 Å². The molecule has 0 unspecified atom stereocenters. The first kappa shape index (κ1) is 14.9. The molecule has 0 aliphatic heterocycles. The Morgan fingerprint density at radius 3 is 2.55 bits per heavy atom. The van der Waals surface area contributed by atoms with E-state index in [4.69, 9.17) is 0 Å². The summed E-state index contributed by atoms with van der Waals surface area (Å²) >= 11 is 1.72. The van der Waals surface area contributed by atoms with Crippen LogP contribution in [0.25, 0.3) is 5.69 Å². The zero-order valence-electron chi connectivity index (χ0n) is 13.1. The van der Waals surface area contributed by atoms with Crippen LogP contribution < -0.4 is 0 Å². The Bertz CT molecular complexity index is 793. The summed E-state index contributed by atoms with van der Waals surface area (Å²) in [6.45, 7) is 6.23. The van der Waals surface area contributed by atoms with Crippen molar-refractivity contribution in [2.24, 2.45) is 0 Å². The summed E-state index contributed by atoms with van der Waals surface area (Å²) in [4.78, 5) is 0. The SMILES string of the molecule is Cc1cccc(CSc2nnc(C)n2-c2ccccc2C)c1. The van der Waals surface area contributed by atoms with Crippen LogP contribution in [0.15, 0.2) is 53.7 Å². The summed E-state index contributed by atoms with van der Waals surface area (Å²) in [5.74, 6) is 1.81. The van der Waals surface area contributed by atoms with Gasteiger partial charge in [0.05, 0.1) is 5.69 Å². The van der Waals surface area contributed by atoms with Crippen LogP contribution >= 0.6 is 11.8 Å². The maximum absolute atomic E-state index is 4.35. The van der Waals surface area contributed by atoms with E-state index in [0.29, 0.717) is 0 Å². The highest BCUT2D eigenvalue weighted by Crippen LogP contribution is 2.26. The Labute approximate surface area is 135 Å². The zero-order chi connectivity index (χ0) is 15.5. The van der Waals surface area contributed by atoms with Gasteiger partial charge in [-0.3, -0.25) is 4.57 Å². The zero-order valence-corrected chi connectivity index (χ0v) is 13.9. The number of hydrogen-bond donors (Lipinski definition) is 0. The minimum atomic E-state index is 0.895. The number of para-hydroxylation sites is 1. The van der Waals surface area contributed by atoms with E-state index < -0.39 is 0 Å². The molecule has 4 heteroatoms. The summed E-state index contributed by atoms with van der Waals surface area (Å²) in [6.07, 6.45) is 0. The lowest BCUT2D eigenvalue weighted by Crippen LogP contribution is -2.01. The fourth-order valence-corrected chi connectivity index (χ4v) is 3.41. The molecule has 0 spiro atoms. The maximum Gasteiger partial charge on any atom is 0.196 e. The van der Waals surface area contributed by atoms with Gasteiger partial charge >= 0.3 is 0 Å². The average Bonchev–Trinajstić information content (AvgIpc) is 2.87. The van der Waals surface area contributed by atoms with Gasteiger partial charge in [0.1, 0.15) is 5.82 Å². The first-order valence-electron chi connectivity index (χ1n) is 7.31. The normalized spacial score (nSPS) is 10.9. The van der Waals surface area contributed by atoms with Crippen molar-refractivity contribution >= 4 is 11.8 Å². The van der Waals surface area contributed by atoms with Crippen LogP contribution in [0.4, 0.5) is 0 Å². The second-order valence-corrected chi connectivity index (χ2v) is 6.37. The third kappa shape index (κ3) is 3.07. The van der Waals surface area contributed by atoms with Gasteiger partial charge in [0.2, 0.25) is 0 Å². The largest absolute Gasteiger partial charge is 0.274 e. The predicted octanol–water partition coefficient (Wildman–Crippen LogP) is 4.48. The number of rotatable bonds is 4. The van der Waals surface area contributed by atoms with Gasteiger partial charge in [-0.25, -0.2) is 0 Å². The van der Waals surface area contributed by atoms with Crippen molar-refractivity contribution in [2.45, 2.75) is 31.7 Å². The molecule has 22 heavy (non-hydrogen) atoms. The molecule has 0 saturated heterocycles. The van der Waals surface area contributed by atoms with Gasteiger partial charge in [0.25, 0.3) is 0 Å². The Hall–Kier alpha value is -2.07. The maximum atomic E-state index is 4.35. The lowest BCUT2D eigenvalue weighted by atomic mass is 10.2. The molecule has 3 aromatic rings. The molecule has 1 aromatic heterocycles. The van der Waals surface area contributed by atoms with E-state index >= 15 is 0 Å². The van der Waals surface area contributed by atoms with Crippen molar-refractivity contribution in [1.29, 1.82) is 0 Å². The highest BCUT2D eigenvalue weighted by atomic mass is 32.2. The van der Waals surface area contributed by atoms with E-state index in [-0.39, 0.29) is 0 Å². The third-order valence-corrected chi connectivity index (χ3v) is 4.60. The van der Waals surface area contributed by atoms with Crippen molar-refractivity contribution in [3.63, 3.8) is 0 Å². The van der Waals surface area contributed by atoms with Crippen LogP contribution in [0.5, 0.6) is 0 Å². The molecule has 0 N–H and O–H groups in total. The summed E-state index contributed by atoms with van der Waals surface area (Å²) in [5, 5.41) is 9.54.